The zero-order valence-electron chi connectivity index (χ0n) is 15.4. The van der Waals surface area contributed by atoms with Crippen LogP contribution in [0.5, 0.6) is 0 Å². The van der Waals surface area contributed by atoms with Gasteiger partial charge in [0.05, 0.1) is 28.0 Å². The van der Waals surface area contributed by atoms with Crippen molar-refractivity contribution < 1.29 is 23.2 Å². The fourth-order valence-electron chi connectivity index (χ4n) is 2.78. The molecule has 0 bridgehead atoms. The second-order valence-electron chi connectivity index (χ2n) is 6.44. The highest BCUT2D eigenvalue weighted by Crippen LogP contribution is 2.20. The number of aliphatic hydroxyl groups is 1. The fourth-order valence-corrected chi connectivity index (χ4v) is 4.26. The Labute approximate surface area is 166 Å². The minimum atomic E-state index is -4.16. The summed E-state index contributed by atoms with van der Waals surface area (Å²) in [5.74, 6) is -0.458. The van der Waals surface area contributed by atoms with Gasteiger partial charge in [0.15, 0.2) is 5.78 Å². The molecule has 29 heavy (non-hydrogen) atoms. The number of carbonyl (C=O) groups excluding carboxylic acids is 1. The molecule has 0 spiro atoms. The summed E-state index contributed by atoms with van der Waals surface area (Å²) in [6.07, 6.45) is 2.14. The number of non-ortho nitro benzene ring substituents is 1. The van der Waals surface area contributed by atoms with Gasteiger partial charge in [-0.25, -0.2) is 12.9 Å². The standard InChI is InChI=1S/C18H18N4O6S/c1-13(23)11-20(29(27,28)17-4-2-15(3-5-17)22(25)26)12-18(24)14-7-9-21-16(10-14)6-8-19-21/h2-10,13,23H,11-12H2,1H3/t13-/m1/s1. The number of pyridine rings is 1. The van der Waals surface area contributed by atoms with Crippen molar-refractivity contribution in [1.29, 1.82) is 0 Å². The second-order valence-corrected chi connectivity index (χ2v) is 8.37. The van der Waals surface area contributed by atoms with E-state index in [2.05, 4.69) is 5.10 Å². The van der Waals surface area contributed by atoms with E-state index in [1.165, 1.54) is 13.0 Å². The Morgan fingerprint density at radius 1 is 1.28 bits per heavy atom. The Hall–Kier alpha value is -3.15. The molecular formula is C18H18N4O6S. The van der Waals surface area contributed by atoms with E-state index >= 15 is 0 Å². The first kappa shape index (κ1) is 20.6. The number of rotatable bonds is 8. The molecule has 0 fully saturated rings. The molecule has 0 aliphatic heterocycles. The normalized spacial score (nSPS) is 12.9. The van der Waals surface area contributed by atoms with E-state index < -0.39 is 33.4 Å². The van der Waals surface area contributed by atoms with Crippen LogP contribution in [0, 0.1) is 10.1 Å². The topological polar surface area (TPSA) is 135 Å². The molecule has 0 amide bonds. The monoisotopic (exact) mass is 418 g/mol. The lowest BCUT2D eigenvalue weighted by Crippen LogP contribution is -2.40. The first-order valence-corrected chi connectivity index (χ1v) is 10.0. The van der Waals surface area contributed by atoms with E-state index in [0.29, 0.717) is 11.1 Å². The largest absolute Gasteiger partial charge is 0.392 e. The Balaban J connectivity index is 1.89. The van der Waals surface area contributed by atoms with Gasteiger partial charge in [-0.3, -0.25) is 14.9 Å². The Morgan fingerprint density at radius 3 is 2.59 bits per heavy atom. The Kier molecular flexibility index (Phi) is 5.73. The highest BCUT2D eigenvalue weighted by Gasteiger charge is 2.28. The summed E-state index contributed by atoms with van der Waals surface area (Å²) < 4.78 is 28.4. The van der Waals surface area contributed by atoms with Gasteiger partial charge in [-0.1, -0.05) is 0 Å². The maximum atomic E-state index is 13.0. The molecular weight excluding hydrogens is 400 g/mol. The summed E-state index contributed by atoms with van der Waals surface area (Å²) >= 11 is 0. The highest BCUT2D eigenvalue weighted by molar-refractivity contribution is 7.89. The molecule has 1 atom stereocenters. The Morgan fingerprint density at radius 2 is 1.97 bits per heavy atom. The highest BCUT2D eigenvalue weighted by atomic mass is 32.2. The molecule has 0 saturated heterocycles. The van der Waals surface area contributed by atoms with Crippen LogP contribution >= 0.6 is 0 Å². The fraction of sp³-hybridized carbons (Fsp3) is 0.222. The molecule has 0 aliphatic carbocycles. The number of aromatic nitrogens is 2. The van der Waals surface area contributed by atoms with E-state index in [0.717, 1.165) is 28.6 Å². The molecule has 10 nitrogen and oxygen atoms in total. The van der Waals surface area contributed by atoms with Gasteiger partial charge in [0.1, 0.15) is 0 Å². The third-order valence-corrected chi connectivity index (χ3v) is 6.02. The number of nitro groups is 1. The Bertz CT molecular complexity index is 1150. The van der Waals surface area contributed by atoms with Gasteiger partial charge >= 0.3 is 0 Å². The third-order valence-electron chi connectivity index (χ3n) is 4.19. The van der Waals surface area contributed by atoms with E-state index in [1.54, 1.807) is 29.0 Å². The van der Waals surface area contributed by atoms with Crippen LogP contribution in [-0.2, 0) is 10.0 Å². The zero-order chi connectivity index (χ0) is 21.2. The summed E-state index contributed by atoms with van der Waals surface area (Å²) in [6.45, 7) is 0.607. The lowest BCUT2D eigenvalue weighted by molar-refractivity contribution is -0.384. The van der Waals surface area contributed by atoms with Gasteiger partial charge in [-0.2, -0.15) is 9.40 Å². The molecule has 0 aliphatic rings. The number of hydrogen-bond acceptors (Lipinski definition) is 7. The van der Waals surface area contributed by atoms with Crippen LogP contribution in [-0.4, -0.2) is 57.3 Å². The van der Waals surface area contributed by atoms with Gasteiger partial charge in [-0.15, -0.1) is 0 Å². The van der Waals surface area contributed by atoms with Crippen LogP contribution in [0.2, 0.25) is 0 Å². The van der Waals surface area contributed by atoms with Crippen molar-refractivity contribution in [2.24, 2.45) is 0 Å². The minimum absolute atomic E-state index is 0.206. The summed E-state index contributed by atoms with van der Waals surface area (Å²) in [4.78, 5) is 22.7. The molecule has 0 unspecified atom stereocenters. The number of carbonyl (C=O) groups is 1. The summed E-state index contributed by atoms with van der Waals surface area (Å²) in [5.41, 5.74) is 0.722. The number of sulfonamides is 1. The summed E-state index contributed by atoms with van der Waals surface area (Å²) in [5, 5.41) is 24.5. The van der Waals surface area contributed by atoms with Gasteiger partial charge in [0.2, 0.25) is 10.0 Å². The van der Waals surface area contributed by atoms with E-state index in [-0.39, 0.29) is 17.1 Å². The van der Waals surface area contributed by atoms with Crippen LogP contribution in [0.25, 0.3) is 5.52 Å². The molecule has 0 saturated carbocycles. The molecule has 3 aromatic rings. The van der Waals surface area contributed by atoms with E-state index in [4.69, 9.17) is 0 Å². The van der Waals surface area contributed by atoms with Crippen molar-refractivity contribution in [1.82, 2.24) is 13.9 Å². The number of ketones is 1. The van der Waals surface area contributed by atoms with Crippen molar-refractivity contribution in [3.05, 3.63) is 70.5 Å². The maximum absolute atomic E-state index is 13.0. The van der Waals surface area contributed by atoms with Crippen molar-refractivity contribution in [2.75, 3.05) is 13.1 Å². The lowest BCUT2D eigenvalue weighted by atomic mass is 10.1. The number of aliphatic hydroxyl groups excluding tert-OH is 1. The predicted molar refractivity (Wildman–Crippen MR) is 103 cm³/mol. The number of fused-ring (bicyclic) bond motifs is 1. The first-order valence-electron chi connectivity index (χ1n) is 8.58. The molecule has 1 N–H and O–H groups in total. The van der Waals surface area contributed by atoms with E-state index in [9.17, 15) is 28.4 Å². The van der Waals surface area contributed by atoms with Crippen LogP contribution in [0.3, 0.4) is 0 Å². The molecule has 152 valence electrons. The molecule has 2 aromatic heterocycles. The average molecular weight is 418 g/mol. The SMILES string of the molecule is C[C@@H](O)CN(CC(=O)c1ccn2nccc2c1)S(=O)(=O)c1ccc([N+](=O)[O-])cc1. The lowest BCUT2D eigenvalue weighted by Gasteiger charge is -2.23. The van der Waals surface area contributed by atoms with Gasteiger partial charge in [-0.05, 0) is 37.3 Å². The van der Waals surface area contributed by atoms with Crippen LogP contribution < -0.4 is 0 Å². The second kappa shape index (κ2) is 8.07. The molecule has 3 rings (SSSR count). The molecule has 2 heterocycles. The van der Waals surface area contributed by atoms with Crippen LogP contribution in [0.4, 0.5) is 5.69 Å². The summed E-state index contributed by atoms with van der Waals surface area (Å²) in [7, 11) is -4.16. The number of Topliss-reactive ketones (excluding diaryl/α,β-unsaturated/α-hetero) is 1. The van der Waals surface area contributed by atoms with Crippen molar-refractivity contribution >= 4 is 27.0 Å². The van der Waals surface area contributed by atoms with Gasteiger partial charge < -0.3 is 5.11 Å². The minimum Gasteiger partial charge on any atom is -0.392 e. The van der Waals surface area contributed by atoms with Crippen molar-refractivity contribution in [3.8, 4) is 0 Å². The quantitative estimate of drug-likeness (QED) is 0.333. The van der Waals surface area contributed by atoms with Gasteiger partial charge in [0.25, 0.3) is 5.69 Å². The van der Waals surface area contributed by atoms with Crippen LogP contribution in [0.1, 0.15) is 17.3 Å². The number of hydrogen-bond donors (Lipinski definition) is 1. The molecule has 1 aromatic carbocycles. The van der Waals surface area contributed by atoms with Gasteiger partial charge in [0, 0.05) is 36.6 Å². The molecule has 0 radical (unpaired) electrons. The third kappa shape index (κ3) is 4.47. The van der Waals surface area contributed by atoms with Crippen LogP contribution in [0.15, 0.2) is 59.8 Å². The average Bonchev–Trinajstić information content (AvgIpc) is 3.14. The van der Waals surface area contributed by atoms with Crippen molar-refractivity contribution in [2.45, 2.75) is 17.9 Å². The van der Waals surface area contributed by atoms with Crippen molar-refractivity contribution in [3.63, 3.8) is 0 Å². The number of nitro benzene ring substituents is 1. The zero-order valence-corrected chi connectivity index (χ0v) is 16.2. The first-order chi connectivity index (χ1) is 13.7. The summed E-state index contributed by atoms with van der Waals surface area (Å²) in [6, 6.07) is 9.18. The number of nitrogens with zero attached hydrogens (tertiary/aromatic N) is 4. The smallest absolute Gasteiger partial charge is 0.269 e. The molecule has 11 heteroatoms. The maximum Gasteiger partial charge on any atom is 0.269 e. The number of benzene rings is 1. The van der Waals surface area contributed by atoms with E-state index in [1.807, 2.05) is 0 Å². The predicted octanol–water partition coefficient (Wildman–Crippen LogP) is 1.50.